The van der Waals surface area contributed by atoms with E-state index in [1.165, 1.54) is 57.8 Å². The highest BCUT2D eigenvalue weighted by Gasteiger charge is 2.41. The van der Waals surface area contributed by atoms with Crippen molar-refractivity contribution in [3.05, 3.63) is 47.5 Å². The van der Waals surface area contributed by atoms with E-state index in [2.05, 4.69) is 12.2 Å². The molecule has 1 aromatic carbocycles. The zero-order valence-corrected chi connectivity index (χ0v) is 19.5. The second kappa shape index (κ2) is 10.7. The van der Waals surface area contributed by atoms with Gasteiger partial charge in [0.1, 0.15) is 0 Å². The molecule has 0 spiro atoms. The van der Waals surface area contributed by atoms with Crippen molar-refractivity contribution >= 4 is 11.9 Å². The van der Waals surface area contributed by atoms with Gasteiger partial charge in [-0.2, -0.15) is 0 Å². The second-order valence-electron chi connectivity index (χ2n) is 10.2. The standard InChI is InChI=1S/C27H40N4O/c28-19-23-11-13-24(14-12-23)20-31-25(32)18-27(30-26(31)29,17-22-9-5-2-6-10-22)16-15-21-7-3-1-4-8-21/h5,9,11-14,21-22H,1-4,6-8,10,15-20,28H2,(H2,29,30). The molecule has 2 atom stereocenters. The zero-order valence-electron chi connectivity index (χ0n) is 19.5. The van der Waals surface area contributed by atoms with Crippen molar-refractivity contribution in [1.29, 1.82) is 0 Å². The first kappa shape index (κ1) is 23.0. The van der Waals surface area contributed by atoms with E-state index in [-0.39, 0.29) is 11.4 Å². The van der Waals surface area contributed by atoms with Gasteiger partial charge in [-0.1, -0.05) is 68.5 Å². The number of amides is 1. The summed E-state index contributed by atoms with van der Waals surface area (Å²) in [6.07, 6.45) is 18.6. The maximum atomic E-state index is 13.4. The molecule has 4 rings (SSSR count). The fourth-order valence-electron chi connectivity index (χ4n) is 5.83. The predicted octanol–water partition coefficient (Wildman–Crippen LogP) is 5.04. The van der Waals surface area contributed by atoms with E-state index < -0.39 is 0 Å². The summed E-state index contributed by atoms with van der Waals surface area (Å²) < 4.78 is 0. The Morgan fingerprint density at radius 2 is 1.78 bits per heavy atom. The van der Waals surface area contributed by atoms with Crippen LogP contribution in [-0.4, -0.2) is 22.3 Å². The Hall–Kier alpha value is -2.14. The van der Waals surface area contributed by atoms with Gasteiger partial charge in [0.15, 0.2) is 5.96 Å². The SMILES string of the molecule is NCc1ccc(CN2C(=O)CC(CCC3CCCCC3)(CC3C=CCCC3)N=C2N)cc1. The van der Waals surface area contributed by atoms with Crippen LogP contribution in [0.1, 0.15) is 88.2 Å². The third-order valence-corrected chi connectivity index (χ3v) is 7.75. The van der Waals surface area contributed by atoms with Crippen LogP contribution in [0.2, 0.25) is 0 Å². The smallest absolute Gasteiger partial charge is 0.232 e. The molecule has 2 aliphatic carbocycles. The Kier molecular flexibility index (Phi) is 7.67. The van der Waals surface area contributed by atoms with Gasteiger partial charge in [0.25, 0.3) is 0 Å². The van der Waals surface area contributed by atoms with E-state index >= 15 is 0 Å². The molecule has 1 heterocycles. The van der Waals surface area contributed by atoms with Crippen LogP contribution in [0.5, 0.6) is 0 Å². The number of benzene rings is 1. The molecule has 0 saturated heterocycles. The van der Waals surface area contributed by atoms with E-state index in [0.29, 0.717) is 31.4 Å². The predicted molar refractivity (Wildman–Crippen MR) is 131 cm³/mol. The summed E-state index contributed by atoms with van der Waals surface area (Å²) in [6.45, 7) is 0.993. The monoisotopic (exact) mass is 436 g/mol. The Morgan fingerprint density at radius 1 is 1.03 bits per heavy atom. The number of nitrogens with two attached hydrogens (primary N) is 2. The zero-order chi connectivity index (χ0) is 22.4. The summed E-state index contributed by atoms with van der Waals surface area (Å²) in [5, 5.41) is 0. The number of allylic oxidation sites excluding steroid dienone is 2. The molecule has 4 N–H and O–H groups in total. The summed E-state index contributed by atoms with van der Waals surface area (Å²) in [5.41, 5.74) is 14.0. The third-order valence-electron chi connectivity index (χ3n) is 7.75. The van der Waals surface area contributed by atoms with Crippen LogP contribution in [0.3, 0.4) is 0 Å². The molecule has 5 heteroatoms. The van der Waals surface area contributed by atoms with Crippen LogP contribution in [0.15, 0.2) is 41.4 Å². The Morgan fingerprint density at radius 3 is 2.44 bits per heavy atom. The van der Waals surface area contributed by atoms with Gasteiger partial charge in [-0.15, -0.1) is 0 Å². The maximum Gasteiger partial charge on any atom is 0.232 e. The molecular formula is C27H40N4O. The van der Waals surface area contributed by atoms with Crippen LogP contribution in [0.25, 0.3) is 0 Å². The molecule has 5 nitrogen and oxygen atoms in total. The summed E-state index contributed by atoms with van der Waals surface area (Å²) in [5.74, 6) is 1.80. The van der Waals surface area contributed by atoms with Crippen molar-refractivity contribution in [2.24, 2.45) is 28.3 Å². The van der Waals surface area contributed by atoms with Crippen LogP contribution >= 0.6 is 0 Å². The molecule has 0 bridgehead atoms. The first-order valence-electron chi connectivity index (χ1n) is 12.7. The second-order valence-corrected chi connectivity index (χ2v) is 10.2. The first-order chi connectivity index (χ1) is 15.6. The first-order valence-corrected chi connectivity index (χ1v) is 12.7. The number of nitrogens with zero attached hydrogens (tertiary/aromatic N) is 2. The van der Waals surface area contributed by atoms with Gasteiger partial charge in [0, 0.05) is 6.54 Å². The average Bonchev–Trinajstić information content (AvgIpc) is 2.82. The van der Waals surface area contributed by atoms with Crippen molar-refractivity contribution in [1.82, 2.24) is 4.90 Å². The molecule has 1 amide bonds. The van der Waals surface area contributed by atoms with Crippen molar-refractivity contribution < 1.29 is 4.79 Å². The van der Waals surface area contributed by atoms with E-state index in [9.17, 15) is 4.79 Å². The lowest BCUT2D eigenvalue weighted by atomic mass is 9.75. The van der Waals surface area contributed by atoms with E-state index in [1.54, 1.807) is 4.90 Å². The van der Waals surface area contributed by atoms with Crippen LogP contribution in [0, 0.1) is 11.8 Å². The maximum absolute atomic E-state index is 13.4. The summed E-state index contributed by atoms with van der Waals surface area (Å²) in [7, 11) is 0. The van der Waals surface area contributed by atoms with Crippen molar-refractivity contribution in [3.8, 4) is 0 Å². The van der Waals surface area contributed by atoms with Gasteiger partial charge in [-0.3, -0.25) is 9.69 Å². The molecule has 0 aromatic heterocycles. The van der Waals surface area contributed by atoms with E-state index in [0.717, 1.165) is 29.9 Å². The molecule has 1 saturated carbocycles. The highest BCUT2D eigenvalue weighted by molar-refractivity contribution is 5.99. The van der Waals surface area contributed by atoms with Gasteiger partial charge in [-0.05, 0) is 61.5 Å². The van der Waals surface area contributed by atoms with Crippen molar-refractivity contribution in [2.45, 2.75) is 95.7 Å². The van der Waals surface area contributed by atoms with E-state index in [1.807, 2.05) is 24.3 Å². The minimum atomic E-state index is -0.342. The van der Waals surface area contributed by atoms with Crippen LogP contribution in [0.4, 0.5) is 0 Å². The number of carbonyl (C=O) groups is 1. The molecular weight excluding hydrogens is 396 g/mol. The Bertz CT molecular complexity index is 825. The molecule has 2 unspecified atom stereocenters. The minimum Gasteiger partial charge on any atom is -0.369 e. The lowest BCUT2D eigenvalue weighted by molar-refractivity contribution is -0.130. The lowest BCUT2D eigenvalue weighted by Gasteiger charge is -2.40. The molecule has 174 valence electrons. The minimum absolute atomic E-state index is 0.115. The Labute approximate surface area is 193 Å². The third kappa shape index (κ3) is 5.80. The summed E-state index contributed by atoms with van der Waals surface area (Å²) in [6, 6.07) is 8.09. The van der Waals surface area contributed by atoms with Gasteiger partial charge in [0.05, 0.1) is 18.5 Å². The largest absolute Gasteiger partial charge is 0.369 e. The number of hydrogen-bond acceptors (Lipinski definition) is 4. The molecule has 0 radical (unpaired) electrons. The van der Waals surface area contributed by atoms with Gasteiger partial charge in [0.2, 0.25) is 5.91 Å². The lowest BCUT2D eigenvalue weighted by Crippen LogP contribution is -2.51. The quantitative estimate of drug-likeness (QED) is 0.560. The Balaban J connectivity index is 1.51. The number of carbonyl (C=O) groups excluding carboxylic acids is 1. The highest BCUT2D eigenvalue weighted by atomic mass is 16.2. The van der Waals surface area contributed by atoms with Crippen molar-refractivity contribution in [2.75, 3.05) is 0 Å². The highest BCUT2D eigenvalue weighted by Crippen LogP contribution is 2.40. The normalized spacial score (nSPS) is 26.9. The van der Waals surface area contributed by atoms with Crippen LogP contribution in [-0.2, 0) is 17.9 Å². The fraction of sp³-hybridized carbons (Fsp3) is 0.630. The van der Waals surface area contributed by atoms with Crippen LogP contribution < -0.4 is 11.5 Å². The molecule has 3 aliphatic rings. The summed E-state index contributed by atoms with van der Waals surface area (Å²) in [4.78, 5) is 20.1. The molecule has 1 fully saturated rings. The number of aliphatic imine (C=N–C) groups is 1. The average molecular weight is 437 g/mol. The van der Waals surface area contributed by atoms with Gasteiger partial charge < -0.3 is 11.5 Å². The topological polar surface area (TPSA) is 84.7 Å². The van der Waals surface area contributed by atoms with Crippen molar-refractivity contribution in [3.63, 3.8) is 0 Å². The van der Waals surface area contributed by atoms with E-state index in [4.69, 9.17) is 16.5 Å². The number of hydrogen-bond donors (Lipinski definition) is 2. The molecule has 1 aromatic rings. The molecule has 32 heavy (non-hydrogen) atoms. The summed E-state index contributed by atoms with van der Waals surface area (Å²) >= 11 is 0. The molecule has 1 aliphatic heterocycles. The van der Waals surface area contributed by atoms with Gasteiger partial charge >= 0.3 is 0 Å². The number of guanidine groups is 1. The van der Waals surface area contributed by atoms with Gasteiger partial charge in [-0.25, -0.2) is 4.99 Å². The number of rotatable bonds is 8. The fourth-order valence-corrected chi connectivity index (χ4v) is 5.83.